The number of hydrogen-bond donors (Lipinski definition) is 1. The van der Waals surface area contributed by atoms with Gasteiger partial charge >= 0.3 is 6.18 Å². The molecule has 10 heteroatoms. The average Bonchev–Trinajstić information content (AvgIpc) is 2.94. The van der Waals surface area contributed by atoms with Crippen molar-refractivity contribution in [1.82, 2.24) is 20.1 Å². The number of carbonyl (C=O) groups is 1. The summed E-state index contributed by atoms with van der Waals surface area (Å²) < 4.78 is 38.0. The molecule has 1 amide bonds. The highest BCUT2D eigenvalue weighted by Crippen LogP contribution is 2.25. The number of alkyl halides is 3. The van der Waals surface area contributed by atoms with Gasteiger partial charge in [0.25, 0.3) is 0 Å². The van der Waals surface area contributed by atoms with Crippen LogP contribution in [0, 0.1) is 0 Å². The molecular formula is C15H14ClF3N4OS. The zero-order valence-corrected chi connectivity index (χ0v) is 14.5. The van der Waals surface area contributed by atoms with Crippen LogP contribution in [-0.2, 0) is 11.3 Å². The highest BCUT2D eigenvalue weighted by Gasteiger charge is 2.27. The van der Waals surface area contributed by atoms with Gasteiger partial charge < -0.3 is 5.32 Å². The van der Waals surface area contributed by atoms with Crippen molar-refractivity contribution in [2.24, 2.45) is 0 Å². The number of amides is 1. The Morgan fingerprint density at radius 1 is 1.32 bits per heavy atom. The van der Waals surface area contributed by atoms with Gasteiger partial charge in [0, 0.05) is 17.1 Å². The molecule has 0 aliphatic carbocycles. The van der Waals surface area contributed by atoms with Crippen LogP contribution in [0.3, 0.4) is 0 Å². The third-order valence-electron chi connectivity index (χ3n) is 2.95. The molecule has 1 N–H and O–H groups in total. The normalized spacial score (nSPS) is 11.4. The van der Waals surface area contributed by atoms with Crippen molar-refractivity contribution < 1.29 is 18.0 Å². The largest absolute Gasteiger partial charge is 0.405 e. The second-order valence-corrected chi connectivity index (χ2v) is 6.27. The Labute approximate surface area is 151 Å². The standard InChI is InChI=1S/C15H14ClF3N4OS/c1-2-7-23-13(10-3-5-11(16)6-4-10)21-22-14(23)25-8-12(24)20-9-15(17,18)19/h2-6H,1,7-9H2,(H,20,24). The monoisotopic (exact) mass is 390 g/mol. The first-order valence-electron chi connectivity index (χ1n) is 7.06. The van der Waals surface area contributed by atoms with E-state index in [2.05, 4.69) is 16.8 Å². The lowest BCUT2D eigenvalue weighted by atomic mass is 10.2. The van der Waals surface area contributed by atoms with E-state index < -0.39 is 18.6 Å². The maximum absolute atomic E-state index is 12.1. The lowest BCUT2D eigenvalue weighted by molar-refractivity contribution is -0.136. The van der Waals surface area contributed by atoms with E-state index in [1.54, 1.807) is 34.9 Å². The molecule has 0 aliphatic rings. The third kappa shape index (κ3) is 5.79. The maximum atomic E-state index is 12.1. The summed E-state index contributed by atoms with van der Waals surface area (Å²) in [5.41, 5.74) is 0.770. The fraction of sp³-hybridized carbons (Fsp3) is 0.267. The van der Waals surface area contributed by atoms with Crippen LogP contribution in [0.4, 0.5) is 13.2 Å². The molecule has 1 aromatic heterocycles. The van der Waals surface area contributed by atoms with Gasteiger partial charge in [0.05, 0.1) is 5.75 Å². The van der Waals surface area contributed by atoms with Crippen LogP contribution in [-0.4, -0.2) is 39.1 Å². The first-order valence-corrected chi connectivity index (χ1v) is 8.43. The van der Waals surface area contributed by atoms with Crippen molar-refractivity contribution in [2.75, 3.05) is 12.3 Å². The van der Waals surface area contributed by atoms with Crippen LogP contribution in [0.1, 0.15) is 0 Å². The van der Waals surface area contributed by atoms with E-state index in [0.717, 1.165) is 17.3 Å². The molecule has 1 heterocycles. The fourth-order valence-corrected chi connectivity index (χ4v) is 2.79. The molecule has 0 bridgehead atoms. The van der Waals surface area contributed by atoms with Crippen molar-refractivity contribution in [3.05, 3.63) is 41.9 Å². The van der Waals surface area contributed by atoms with Crippen LogP contribution in [0.2, 0.25) is 5.02 Å². The number of rotatable bonds is 7. The molecule has 1 aromatic carbocycles. The fourth-order valence-electron chi connectivity index (χ4n) is 1.88. The zero-order chi connectivity index (χ0) is 18.4. The second kappa shape index (κ2) is 8.39. The van der Waals surface area contributed by atoms with Crippen LogP contribution >= 0.6 is 23.4 Å². The maximum Gasteiger partial charge on any atom is 0.405 e. The summed E-state index contributed by atoms with van der Waals surface area (Å²) in [6.07, 6.45) is -2.80. The molecule has 0 atom stereocenters. The Kier molecular flexibility index (Phi) is 6.49. The smallest absolute Gasteiger partial charge is 0.346 e. The predicted molar refractivity (Wildman–Crippen MR) is 90.5 cm³/mol. The van der Waals surface area contributed by atoms with Crippen LogP contribution in [0.15, 0.2) is 42.1 Å². The predicted octanol–water partition coefficient (Wildman–Crippen LogP) is 3.56. The summed E-state index contributed by atoms with van der Waals surface area (Å²) in [6, 6.07) is 6.97. The summed E-state index contributed by atoms with van der Waals surface area (Å²) in [5.74, 6) is -0.385. The lowest BCUT2D eigenvalue weighted by Crippen LogP contribution is -2.34. The molecule has 0 fully saturated rings. The molecule has 0 saturated carbocycles. The van der Waals surface area contributed by atoms with E-state index in [9.17, 15) is 18.0 Å². The molecular weight excluding hydrogens is 377 g/mol. The Morgan fingerprint density at radius 2 is 2.00 bits per heavy atom. The number of benzene rings is 1. The minimum atomic E-state index is -4.44. The molecule has 25 heavy (non-hydrogen) atoms. The molecule has 5 nitrogen and oxygen atoms in total. The Bertz CT molecular complexity index is 746. The molecule has 2 rings (SSSR count). The quantitative estimate of drug-likeness (QED) is 0.580. The summed E-state index contributed by atoms with van der Waals surface area (Å²) in [7, 11) is 0. The van der Waals surface area contributed by atoms with Gasteiger partial charge in [-0.1, -0.05) is 29.4 Å². The van der Waals surface area contributed by atoms with E-state index in [1.165, 1.54) is 0 Å². The van der Waals surface area contributed by atoms with Gasteiger partial charge in [0.15, 0.2) is 11.0 Å². The molecule has 134 valence electrons. The minimum absolute atomic E-state index is 0.202. The van der Waals surface area contributed by atoms with Gasteiger partial charge in [0.1, 0.15) is 6.54 Å². The van der Waals surface area contributed by atoms with Crippen molar-refractivity contribution in [3.63, 3.8) is 0 Å². The Balaban J connectivity index is 2.09. The highest BCUT2D eigenvalue weighted by molar-refractivity contribution is 7.99. The van der Waals surface area contributed by atoms with Crippen LogP contribution in [0.25, 0.3) is 11.4 Å². The first kappa shape index (κ1) is 19.3. The number of halogens is 4. The number of hydrogen-bond acceptors (Lipinski definition) is 4. The summed E-state index contributed by atoms with van der Waals surface area (Å²) >= 11 is 6.86. The van der Waals surface area contributed by atoms with Crippen molar-refractivity contribution in [1.29, 1.82) is 0 Å². The second-order valence-electron chi connectivity index (χ2n) is 4.89. The topological polar surface area (TPSA) is 59.8 Å². The number of nitrogens with one attached hydrogen (secondary N) is 1. The van der Waals surface area contributed by atoms with Gasteiger partial charge in [-0.25, -0.2) is 0 Å². The van der Waals surface area contributed by atoms with Crippen molar-refractivity contribution >= 4 is 29.3 Å². The van der Waals surface area contributed by atoms with Crippen LogP contribution in [0.5, 0.6) is 0 Å². The van der Waals surface area contributed by atoms with Crippen molar-refractivity contribution in [3.8, 4) is 11.4 Å². The van der Waals surface area contributed by atoms with E-state index >= 15 is 0 Å². The van der Waals surface area contributed by atoms with Crippen LogP contribution < -0.4 is 5.32 Å². The Hall–Kier alpha value is -2.00. The average molecular weight is 391 g/mol. The number of carbonyl (C=O) groups excluding carboxylic acids is 1. The molecule has 0 unspecified atom stereocenters. The molecule has 0 spiro atoms. The van der Waals surface area contributed by atoms with Crippen molar-refractivity contribution in [2.45, 2.75) is 17.9 Å². The van der Waals surface area contributed by atoms with Gasteiger partial charge in [0.2, 0.25) is 5.91 Å². The molecule has 2 aromatic rings. The van der Waals surface area contributed by atoms with Gasteiger partial charge in [-0.3, -0.25) is 9.36 Å². The zero-order valence-electron chi connectivity index (χ0n) is 12.9. The third-order valence-corrected chi connectivity index (χ3v) is 4.17. The summed E-state index contributed by atoms with van der Waals surface area (Å²) in [4.78, 5) is 11.5. The molecule has 0 saturated heterocycles. The summed E-state index contributed by atoms with van der Waals surface area (Å²) in [5, 5.41) is 10.9. The van der Waals surface area contributed by atoms with E-state index in [1.807, 2.05) is 5.32 Å². The first-order chi connectivity index (χ1) is 11.8. The molecule has 0 aliphatic heterocycles. The minimum Gasteiger partial charge on any atom is -0.346 e. The highest BCUT2D eigenvalue weighted by atomic mass is 35.5. The Morgan fingerprint density at radius 3 is 2.60 bits per heavy atom. The lowest BCUT2D eigenvalue weighted by Gasteiger charge is -2.09. The van der Waals surface area contributed by atoms with Gasteiger partial charge in [-0.2, -0.15) is 13.2 Å². The van der Waals surface area contributed by atoms with E-state index in [-0.39, 0.29) is 5.75 Å². The van der Waals surface area contributed by atoms with E-state index in [4.69, 9.17) is 11.6 Å². The number of thioether (sulfide) groups is 1. The number of allylic oxidation sites excluding steroid dienone is 1. The number of nitrogens with zero attached hydrogens (tertiary/aromatic N) is 3. The van der Waals surface area contributed by atoms with Gasteiger partial charge in [-0.15, -0.1) is 16.8 Å². The SMILES string of the molecule is C=CCn1c(SCC(=O)NCC(F)(F)F)nnc1-c1ccc(Cl)cc1. The molecule has 0 radical (unpaired) electrons. The number of aromatic nitrogens is 3. The summed E-state index contributed by atoms with van der Waals surface area (Å²) in [6.45, 7) is 2.69. The van der Waals surface area contributed by atoms with E-state index in [0.29, 0.717) is 22.5 Å². The van der Waals surface area contributed by atoms with Gasteiger partial charge in [-0.05, 0) is 24.3 Å².